The van der Waals surface area contributed by atoms with Gasteiger partial charge in [-0.1, -0.05) is 30.3 Å². The Balaban J connectivity index is 1.73. The number of hydrogen-bond acceptors (Lipinski definition) is 6. The van der Waals surface area contributed by atoms with Crippen LogP contribution in [0.3, 0.4) is 0 Å². The maximum atomic E-state index is 12.4. The Kier molecular flexibility index (Phi) is 4.49. The number of amides is 2. The van der Waals surface area contributed by atoms with Crippen LogP contribution in [0, 0.1) is 17.0 Å². The minimum absolute atomic E-state index is 0.00875. The predicted molar refractivity (Wildman–Crippen MR) is 89.4 cm³/mol. The molecule has 0 aliphatic carbocycles. The number of rotatable bonds is 5. The topological polar surface area (TPSA) is 107 Å². The van der Waals surface area contributed by atoms with Gasteiger partial charge in [0.25, 0.3) is 17.5 Å². The second-order valence-corrected chi connectivity index (χ2v) is 5.74. The lowest BCUT2D eigenvalue weighted by Gasteiger charge is -2.13. The van der Waals surface area contributed by atoms with Crippen molar-refractivity contribution in [3.05, 3.63) is 74.8 Å². The van der Waals surface area contributed by atoms with E-state index in [9.17, 15) is 24.5 Å². The van der Waals surface area contributed by atoms with Crippen LogP contribution < -0.4 is 0 Å². The number of hydrogen-bond donors (Lipinski definition) is 0. The van der Waals surface area contributed by atoms with E-state index in [-0.39, 0.29) is 17.7 Å². The Labute approximate surface area is 148 Å². The van der Waals surface area contributed by atoms with Gasteiger partial charge in [0.15, 0.2) is 0 Å². The highest BCUT2D eigenvalue weighted by atomic mass is 16.6. The Morgan fingerprint density at radius 2 is 1.85 bits per heavy atom. The molecule has 8 nitrogen and oxygen atoms in total. The van der Waals surface area contributed by atoms with Crippen molar-refractivity contribution >= 4 is 23.5 Å². The number of ether oxygens (including phenoxy) is 1. The van der Waals surface area contributed by atoms with E-state index in [1.54, 1.807) is 12.1 Å². The van der Waals surface area contributed by atoms with E-state index in [0.29, 0.717) is 4.90 Å². The van der Waals surface area contributed by atoms with Crippen LogP contribution in [0.25, 0.3) is 0 Å². The van der Waals surface area contributed by atoms with E-state index < -0.39 is 34.9 Å². The van der Waals surface area contributed by atoms with Crippen molar-refractivity contribution in [2.24, 2.45) is 0 Å². The summed E-state index contributed by atoms with van der Waals surface area (Å²) < 4.78 is 5.13. The average Bonchev–Trinajstić information content (AvgIpc) is 2.86. The average molecular weight is 354 g/mol. The van der Waals surface area contributed by atoms with E-state index in [2.05, 4.69) is 0 Å². The van der Waals surface area contributed by atoms with E-state index in [4.69, 9.17) is 4.74 Å². The maximum Gasteiger partial charge on any atom is 0.326 e. The van der Waals surface area contributed by atoms with Crippen LogP contribution in [0.1, 0.15) is 31.8 Å². The Morgan fingerprint density at radius 1 is 1.12 bits per heavy atom. The third-order valence-electron chi connectivity index (χ3n) is 4.11. The summed E-state index contributed by atoms with van der Waals surface area (Å²) in [5.41, 5.74) is 0.900. The highest BCUT2D eigenvalue weighted by Crippen LogP contribution is 2.30. The van der Waals surface area contributed by atoms with Gasteiger partial charge in [-0.3, -0.25) is 29.4 Å². The molecular weight excluding hydrogens is 340 g/mol. The summed E-state index contributed by atoms with van der Waals surface area (Å²) in [4.78, 5) is 47.7. The molecule has 1 aliphatic heterocycles. The number of carbonyl (C=O) groups excluding carboxylic acids is 3. The number of benzene rings is 2. The number of aryl methyl sites for hydroxylation is 1. The summed E-state index contributed by atoms with van der Waals surface area (Å²) in [6.07, 6.45) is 0. The zero-order valence-corrected chi connectivity index (χ0v) is 13.8. The van der Waals surface area contributed by atoms with Crippen molar-refractivity contribution < 1.29 is 24.0 Å². The molecule has 0 fully saturated rings. The fraction of sp³-hybridized carbons (Fsp3) is 0.167. The molecule has 0 saturated carbocycles. The molecule has 1 aliphatic rings. The van der Waals surface area contributed by atoms with Crippen LogP contribution >= 0.6 is 0 Å². The molecule has 2 amide bonds. The Morgan fingerprint density at radius 3 is 2.54 bits per heavy atom. The van der Waals surface area contributed by atoms with Gasteiger partial charge in [-0.15, -0.1) is 0 Å². The zero-order valence-electron chi connectivity index (χ0n) is 13.8. The number of nitrogens with zero attached hydrogens (tertiary/aromatic N) is 2. The largest absolute Gasteiger partial charge is 0.459 e. The molecule has 0 radical (unpaired) electrons. The molecule has 2 aromatic rings. The fourth-order valence-electron chi connectivity index (χ4n) is 2.72. The molecule has 0 saturated heterocycles. The fourth-order valence-corrected chi connectivity index (χ4v) is 2.72. The third-order valence-corrected chi connectivity index (χ3v) is 4.11. The first-order chi connectivity index (χ1) is 12.4. The summed E-state index contributed by atoms with van der Waals surface area (Å²) in [5.74, 6) is -2.39. The number of nitro benzene ring substituents is 1. The molecule has 0 spiro atoms. The van der Waals surface area contributed by atoms with Crippen molar-refractivity contribution in [2.45, 2.75) is 13.5 Å². The van der Waals surface area contributed by atoms with Gasteiger partial charge in [0.2, 0.25) is 0 Å². The molecule has 2 aromatic carbocycles. The number of fused-ring (bicyclic) bond motifs is 1. The predicted octanol–water partition coefficient (Wildman–Crippen LogP) is 2.24. The first-order valence-corrected chi connectivity index (χ1v) is 7.74. The first kappa shape index (κ1) is 17.3. The summed E-state index contributed by atoms with van der Waals surface area (Å²) in [5, 5.41) is 11.1. The summed E-state index contributed by atoms with van der Waals surface area (Å²) in [6.45, 7) is 1.27. The molecule has 132 valence electrons. The normalized spacial score (nSPS) is 12.9. The van der Waals surface area contributed by atoms with E-state index in [1.807, 2.05) is 19.1 Å². The van der Waals surface area contributed by atoms with Crippen molar-refractivity contribution in [3.63, 3.8) is 0 Å². The first-order valence-electron chi connectivity index (χ1n) is 7.74. The molecule has 0 atom stereocenters. The number of imide groups is 1. The van der Waals surface area contributed by atoms with Gasteiger partial charge in [-0.25, -0.2) is 0 Å². The molecule has 3 rings (SSSR count). The van der Waals surface area contributed by atoms with Gasteiger partial charge in [0.1, 0.15) is 18.7 Å². The zero-order chi connectivity index (χ0) is 18.8. The quantitative estimate of drug-likeness (QED) is 0.353. The van der Waals surface area contributed by atoms with Crippen LogP contribution in [0.15, 0.2) is 42.5 Å². The minimum Gasteiger partial charge on any atom is -0.459 e. The lowest BCUT2D eigenvalue weighted by Crippen LogP contribution is -2.35. The Hall–Kier alpha value is -3.55. The lowest BCUT2D eigenvalue weighted by molar-refractivity contribution is -0.385. The minimum atomic E-state index is -0.870. The smallest absolute Gasteiger partial charge is 0.326 e. The molecule has 1 heterocycles. The molecule has 26 heavy (non-hydrogen) atoms. The van der Waals surface area contributed by atoms with Crippen molar-refractivity contribution in [3.8, 4) is 0 Å². The number of carbonyl (C=O) groups is 3. The van der Waals surface area contributed by atoms with Gasteiger partial charge in [0, 0.05) is 6.07 Å². The second kappa shape index (κ2) is 6.75. The highest BCUT2D eigenvalue weighted by Gasteiger charge is 2.41. The number of esters is 1. The van der Waals surface area contributed by atoms with Gasteiger partial charge in [-0.05, 0) is 24.1 Å². The van der Waals surface area contributed by atoms with Crippen LogP contribution in [-0.4, -0.2) is 34.2 Å². The summed E-state index contributed by atoms with van der Waals surface area (Å²) in [6, 6.07) is 11.1. The number of nitro groups is 1. The van der Waals surface area contributed by atoms with E-state index in [0.717, 1.165) is 17.2 Å². The standard InChI is InChI=1S/C18H14N2O6/c1-11-5-2-3-6-12(11)10-26-15(21)9-19-17(22)13-7-4-8-14(20(24)25)16(13)18(19)23/h2-8H,9-10H2,1H3. The van der Waals surface area contributed by atoms with Crippen LogP contribution in [0.2, 0.25) is 0 Å². The van der Waals surface area contributed by atoms with Crippen molar-refractivity contribution in [1.82, 2.24) is 4.90 Å². The summed E-state index contributed by atoms with van der Waals surface area (Å²) >= 11 is 0. The molecule has 0 aromatic heterocycles. The molecule has 0 N–H and O–H groups in total. The van der Waals surface area contributed by atoms with Gasteiger partial charge in [0.05, 0.1) is 10.5 Å². The molecule has 0 unspecified atom stereocenters. The van der Waals surface area contributed by atoms with Gasteiger partial charge in [-0.2, -0.15) is 0 Å². The summed E-state index contributed by atoms with van der Waals surface area (Å²) in [7, 11) is 0. The van der Waals surface area contributed by atoms with Gasteiger partial charge >= 0.3 is 5.97 Å². The SMILES string of the molecule is Cc1ccccc1COC(=O)CN1C(=O)c2cccc([N+](=O)[O-])c2C1=O. The highest BCUT2D eigenvalue weighted by molar-refractivity contribution is 6.24. The third kappa shape index (κ3) is 3.04. The van der Waals surface area contributed by atoms with Crippen LogP contribution in [0.5, 0.6) is 0 Å². The monoisotopic (exact) mass is 354 g/mol. The maximum absolute atomic E-state index is 12.4. The lowest BCUT2D eigenvalue weighted by atomic mass is 10.1. The van der Waals surface area contributed by atoms with Crippen molar-refractivity contribution in [2.75, 3.05) is 6.54 Å². The van der Waals surface area contributed by atoms with E-state index >= 15 is 0 Å². The Bertz CT molecular complexity index is 937. The second-order valence-electron chi connectivity index (χ2n) is 5.74. The molecular formula is C18H14N2O6. The van der Waals surface area contributed by atoms with Gasteiger partial charge < -0.3 is 4.74 Å². The molecule has 0 bridgehead atoms. The van der Waals surface area contributed by atoms with E-state index in [1.165, 1.54) is 12.1 Å². The van der Waals surface area contributed by atoms with Crippen LogP contribution in [0.4, 0.5) is 5.69 Å². The molecule has 8 heteroatoms. The van der Waals surface area contributed by atoms with Crippen LogP contribution in [-0.2, 0) is 16.1 Å². The van der Waals surface area contributed by atoms with Crippen molar-refractivity contribution in [1.29, 1.82) is 0 Å².